The summed E-state index contributed by atoms with van der Waals surface area (Å²) in [5.41, 5.74) is 18.2. The van der Waals surface area contributed by atoms with Crippen molar-refractivity contribution < 1.29 is 0 Å². The Morgan fingerprint density at radius 3 is 1.54 bits per heavy atom. The average Bonchev–Trinajstić information content (AvgIpc) is 3.55. The molecule has 1 aliphatic carbocycles. The van der Waals surface area contributed by atoms with Crippen molar-refractivity contribution in [1.82, 2.24) is 0 Å². The summed E-state index contributed by atoms with van der Waals surface area (Å²) in [4.78, 5) is 5.24. The lowest BCUT2D eigenvalue weighted by atomic mass is 9.80. The van der Waals surface area contributed by atoms with Crippen molar-refractivity contribution in [3.8, 4) is 33.4 Å². The minimum Gasteiger partial charge on any atom is -0.372 e. The Morgan fingerprint density at radius 1 is 0.426 bits per heavy atom. The zero-order chi connectivity index (χ0) is 40.9. The first-order valence-corrected chi connectivity index (χ1v) is 22.7. The van der Waals surface area contributed by atoms with Gasteiger partial charge in [0.2, 0.25) is 0 Å². The molecule has 2 heteroatoms. The van der Waals surface area contributed by atoms with Crippen molar-refractivity contribution in [2.75, 3.05) is 36.0 Å². The van der Waals surface area contributed by atoms with Crippen LogP contribution in [0.15, 0.2) is 164 Å². The second-order valence-electron chi connectivity index (χ2n) is 18.2. The predicted octanol–water partition coefficient (Wildman–Crippen LogP) is 15.2. The Morgan fingerprint density at radius 2 is 0.951 bits per heavy atom. The van der Waals surface area contributed by atoms with Crippen LogP contribution in [0.2, 0.25) is 0 Å². The molecule has 3 aliphatic rings. The number of hydrogen-bond acceptors (Lipinski definition) is 2. The Balaban J connectivity index is 1.18. The standard InChI is InChI=1S/C59H54N2/c1-59(2)55-25-12-11-24-48(55)49-29-26-45(38-56(49)59)58-51-31-28-46(60-32-13-5-14-33-60)39-53(51)57(50-30-27-47(40-54(50)58)61-34-15-6-16-35-61)44-23-17-18-41(36-44)37-52(42-19-7-3-8-20-42)43-21-9-4-10-22-43/h3-4,7-12,17-31,36-40H,5-6,13-16,32-35H2,1-2H3. The van der Waals surface area contributed by atoms with Gasteiger partial charge in [0.15, 0.2) is 0 Å². The van der Waals surface area contributed by atoms with Gasteiger partial charge in [-0.15, -0.1) is 0 Å². The molecule has 300 valence electrons. The van der Waals surface area contributed by atoms with Crippen molar-refractivity contribution in [3.63, 3.8) is 0 Å². The predicted molar refractivity (Wildman–Crippen MR) is 262 cm³/mol. The Kier molecular flexibility index (Phi) is 9.60. The van der Waals surface area contributed by atoms with Crippen LogP contribution in [0.1, 0.15) is 80.2 Å². The largest absolute Gasteiger partial charge is 0.372 e. The van der Waals surface area contributed by atoms with E-state index in [2.05, 4.69) is 194 Å². The van der Waals surface area contributed by atoms with Crippen LogP contribution >= 0.6 is 0 Å². The van der Waals surface area contributed by atoms with Gasteiger partial charge in [0.1, 0.15) is 0 Å². The van der Waals surface area contributed by atoms with Crippen molar-refractivity contribution in [2.24, 2.45) is 0 Å². The van der Waals surface area contributed by atoms with Gasteiger partial charge in [-0.3, -0.25) is 0 Å². The topological polar surface area (TPSA) is 6.48 Å². The second-order valence-corrected chi connectivity index (χ2v) is 18.2. The molecule has 11 rings (SSSR count). The van der Waals surface area contributed by atoms with Crippen molar-refractivity contribution >= 4 is 44.6 Å². The first-order valence-electron chi connectivity index (χ1n) is 22.7. The molecule has 0 N–H and O–H groups in total. The van der Waals surface area contributed by atoms with Crippen molar-refractivity contribution in [1.29, 1.82) is 0 Å². The van der Waals surface area contributed by atoms with E-state index < -0.39 is 0 Å². The fraction of sp³-hybridized carbons (Fsp3) is 0.220. The van der Waals surface area contributed by atoms with E-state index in [0.29, 0.717) is 0 Å². The van der Waals surface area contributed by atoms with Gasteiger partial charge in [-0.05, 0) is 169 Å². The van der Waals surface area contributed by atoms with Crippen LogP contribution in [-0.4, -0.2) is 26.2 Å². The zero-order valence-corrected chi connectivity index (χ0v) is 35.6. The number of hydrogen-bond donors (Lipinski definition) is 0. The third kappa shape index (κ3) is 6.74. The van der Waals surface area contributed by atoms with E-state index in [1.165, 1.54) is 138 Å². The van der Waals surface area contributed by atoms with Gasteiger partial charge in [-0.1, -0.05) is 141 Å². The van der Waals surface area contributed by atoms with E-state index in [9.17, 15) is 0 Å². The van der Waals surface area contributed by atoms with Crippen molar-refractivity contribution in [3.05, 3.63) is 192 Å². The molecule has 0 aromatic heterocycles. The van der Waals surface area contributed by atoms with Crippen LogP contribution < -0.4 is 9.80 Å². The highest BCUT2D eigenvalue weighted by Crippen LogP contribution is 2.52. The first-order chi connectivity index (χ1) is 30.0. The summed E-state index contributed by atoms with van der Waals surface area (Å²) < 4.78 is 0. The van der Waals surface area contributed by atoms with Crippen LogP contribution in [-0.2, 0) is 5.41 Å². The van der Waals surface area contributed by atoms with E-state index in [1.54, 1.807) is 0 Å². The number of fused-ring (bicyclic) bond motifs is 5. The SMILES string of the molecule is CC1(C)c2ccccc2-c2ccc(-c3c4ccc(N5CCCCC5)cc4c(-c4cccc(C=C(c5ccccc5)c5ccccc5)c4)c4ccc(N5CCCCC5)cc34)cc21. The molecule has 2 saturated heterocycles. The molecule has 2 fully saturated rings. The molecule has 0 saturated carbocycles. The van der Waals surface area contributed by atoms with Crippen molar-refractivity contribution in [2.45, 2.75) is 57.8 Å². The summed E-state index contributed by atoms with van der Waals surface area (Å²) in [6.45, 7) is 9.27. The van der Waals surface area contributed by atoms with E-state index >= 15 is 0 Å². The van der Waals surface area contributed by atoms with E-state index in [0.717, 1.165) is 26.2 Å². The third-order valence-corrected chi connectivity index (χ3v) is 14.1. The minimum absolute atomic E-state index is 0.0831. The van der Waals surface area contributed by atoms with Gasteiger partial charge in [-0.2, -0.15) is 0 Å². The monoisotopic (exact) mass is 790 g/mol. The van der Waals surface area contributed by atoms with Crippen LogP contribution in [0.4, 0.5) is 11.4 Å². The average molecular weight is 791 g/mol. The minimum atomic E-state index is -0.0831. The molecule has 0 unspecified atom stereocenters. The number of piperidine rings is 2. The molecule has 2 heterocycles. The molecule has 0 amide bonds. The highest BCUT2D eigenvalue weighted by molar-refractivity contribution is 6.22. The van der Waals surface area contributed by atoms with Crippen LogP contribution in [0.5, 0.6) is 0 Å². The third-order valence-electron chi connectivity index (χ3n) is 14.1. The summed E-state index contributed by atoms with van der Waals surface area (Å²) in [6, 6.07) is 62.2. The molecule has 8 aromatic rings. The molecule has 8 aromatic carbocycles. The lowest BCUT2D eigenvalue weighted by molar-refractivity contribution is 0.578. The lowest BCUT2D eigenvalue weighted by Crippen LogP contribution is -2.29. The van der Waals surface area contributed by atoms with Gasteiger partial charge in [0, 0.05) is 43.0 Å². The van der Waals surface area contributed by atoms with E-state index in [4.69, 9.17) is 0 Å². The lowest BCUT2D eigenvalue weighted by Gasteiger charge is -2.30. The fourth-order valence-corrected chi connectivity index (χ4v) is 10.9. The molecule has 61 heavy (non-hydrogen) atoms. The highest BCUT2D eigenvalue weighted by Gasteiger charge is 2.35. The van der Waals surface area contributed by atoms with Gasteiger partial charge >= 0.3 is 0 Å². The van der Waals surface area contributed by atoms with Gasteiger partial charge in [0.25, 0.3) is 0 Å². The molecule has 0 atom stereocenters. The summed E-state index contributed by atoms with van der Waals surface area (Å²) in [7, 11) is 0. The number of rotatable bonds is 7. The number of nitrogens with zero attached hydrogens (tertiary/aromatic N) is 2. The summed E-state index contributed by atoms with van der Waals surface area (Å²) in [5.74, 6) is 0. The molecule has 2 nitrogen and oxygen atoms in total. The summed E-state index contributed by atoms with van der Waals surface area (Å²) in [5, 5.41) is 5.30. The molecule has 2 aliphatic heterocycles. The summed E-state index contributed by atoms with van der Waals surface area (Å²) in [6.07, 6.45) is 10.0. The molecule has 0 bridgehead atoms. The summed E-state index contributed by atoms with van der Waals surface area (Å²) >= 11 is 0. The van der Waals surface area contributed by atoms with Crippen LogP contribution in [0.25, 0.3) is 66.6 Å². The quantitative estimate of drug-likeness (QED) is 0.117. The molecular weight excluding hydrogens is 737 g/mol. The molecule has 0 radical (unpaired) electrons. The highest BCUT2D eigenvalue weighted by atomic mass is 15.1. The Hall–Kier alpha value is -6.38. The Labute approximate surface area is 361 Å². The van der Waals surface area contributed by atoms with E-state index in [1.807, 2.05) is 0 Å². The van der Waals surface area contributed by atoms with E-state index in [-0.39, 0.29) is 5.41 Å². The van der Waals surface area contributed by atoms with Crippen LogP contribution in [0, 0.1) is 0 Å². The fourth-order valence-electron chi connectivity index (χ4n) is 10.9. The zero-order valence-electron chi connectivity index (χ0n) is 35.6. The number of benzene rings is 8. The smallest absolute Gasteiger partial charge is 0.0372 e. The van der Waals surface area contributed by atoms with Gasteiger partial charge in [0.05, 0.1) is 0 Å². The second kappa shape index (κ2) is 15.6. The normalized spacial score (nSPS) is 15.8. The molecular formula is C59H54N2. The maximum atomic E-state index is 2.62. The Bertz CT molecular complexity index is 2900. The van der Waals surface area contributed by atoms with Gasteiger partial charge in [-0.25, -0.2) is 0 Å². The van der Waals surface area contributed by atoms with Crippen LogP contribution in [0.3, 0.4) is 0 Å². The first kappa shape index (κ1) is 37.6. The number of anilines is 2. The van der Waals surface area contributed by atoms with Gasteiger partial charge < -0.3 is 9.80 Å². The maximum Gasteiger partial charge on any atom is 0.0372 e. The maximum absolute atomic E-state index is 2.62. The molecule has 0 spiro atoms.